The molecule has 4 rings (SSSR count). The van der Waals surface area contributed by atoms with Crippen molar-refractivity contribution < 1.29 is 19.1 Å². The first-order valence-electron chi connectivity index (χ1n) is 11.9. The molecule has 35 heavy (non-hydrogen) atoms. The summed E-state index contributed by atoms with van der Waals surface area (Å²) in [5.41, 5.74) is 9.49. The maximum absolute atomic E-state index is 12.7. The Hall–Kier alpha value is -3.51. The standard InChI is InChI=1S/C23H32N8O4/c1-2-18(32)31-9-3-4-17(14-31)26-23-27-21(19(20(24)33)28-29-23)25-16-7-5-15(6-8-16)22(34)30-10-12-35-13-11-30/h5-8,17,23,26,29H,2-4,9-14H2,1H3,(H2,24,33)(H,25,27)/t17-,23?/m1/s1. The molecule has 1 aromatic carbocycles. The van der Waals surface area contributed by atoms with Crippen LogP contribution in [0.25, 0.3) is 0 Å². The molecule has 5 N–H and O–H groups in total. The van der Waals surface area contributed by atoms with Crippen LogP contribution in [0, 0.1) is 0 Å². The minimum atomic E-state index is -0.723. The third kappa shape index (κ3) is 6.14. The number of hydrogen-bond donors (Lipinski definition) is 4. The number of primary amides is 1. The average molecular weight is 485 g/mol. The number of morpholine rings is 1. The topological polar surface area (TPSA) is 154 Å². The Morgan fingerprint density at radius 2 is 1.89 bits per heavy atom. The number of hydrazone groups is 1. The molecular weight excluding hydrogens is 452 g/mol. The monoisotopic (exact) mass is 484 g/mol. The van der Waals surface area contributed by atoms with Crippen LogP contribution in [0.3, 0.4) is 0 Å². The Kier molecular flexibility index (Phi) is 7.93. The number of amidine groups is 1. The second-order valence-corrected chi connectivity index (χ2v) is 8.64. The van der Waals surface area contributed by atoms with Crippen molar-refractivity contribution in [1.29, 1.82) is 0 Å². The summed E-state index contributed by atoms with van der Waals surface area (Å²) < 4.78 is 5.30. The molecule has 2 saturated heterocycles. The number of carbonyl (C=O) groups excluding carboxylic acids is 3. The molecule has 3 heterocycles. The Labute approximate surface area is 203 Å². The number of nitrogens with one attached hydrogen (secondary N) is 3. The van der Waals surface area contributed by atoms with Crippen molar-refractivity contribution in [2.75, 3.05) is 44.7 Å². The zero-order valence-electron chi connectivity index (χ0n) is 19.8. The van der Waals surface area contributed by atoms with E-state index in [1.807, 2.05) is 11.8 Å². The van der Waals surface area contributed by atoms with Gasteiger partial charge in [-0.2, -0.15) is 5.10 Å². The van der Waals surface area contributed by atoms with Gasteiger partial charge in [-0.15, -0.1) is 0 Å². The molecule has 0 aromatic heterocycles. The Morgan fingerprint density at radius 1 is 1.14 bits per heavy atom. The van der Waals surface area contributed by atoms with E-state index in [0.717, 1.165) is 19.4 Å². The number of rotatable bonds is 6. The fourth-order valence-electron chi connectivity index (χ4n) is 4.30. The first-order chi connectivity index (χ1) is 16.9. The first kappa shape index (κ1) is 24.6. The minimum absolute atomic E-state index is 0.0250. The SMILES string of the molecule is CCC(=O)N1CCC[C@@H](NC2N=C(Nc3ccc(C(=O)N4CCOCC4)cc3)C(C(N)=O)=NN2)C1. The van der Waals surface area contributed by atoms with Crippen LogP contribution in [-0.4, -0.2) is 90.8 Å². The van der Waals surface area contributed by atoms with Gasteiger partial charge in [0.1, 0.15) is 0 Å². The normalized spacial score (nSPS) is 22.5. The molecule has 0 aliphatic carbocycles. The summed E-state index contributed by atoms with van der Waals surface area (Å²) >= 11 is 0. The molecular formula is C23H32N8O4. The summed E-state index contributed by atoms with van der Waals surface area (Å²) in [5.74, 6) is -0.425. The average Bonchev–Trinajstić information content (AvgIpc) is 2.89. The highest BCUT2D eigenvalue weighted by molar-refractivity contribution is 6.68. The van der Waals surface area contributed by atoms with E-state index in [4.69, 9.17) is 10.5 Å². The fourth-order valence-corrected chi connectivity index (χ4v) is 4.30. The largest absolute Gasteiger partial charge is 0.378 e. The number of piperidine rings is 1. The highest BCUT2D eigenvalue weighted by atomic mass is 16.5. The summed E-state index contributed by atoms with van der Waals surface area (Å²) in [6.07, 6.45) is 1.68. The number of carbonyl (C=O) groups is 3. The van der Waals surface area contributed by atoms with Crippen molar-refractivity contribution in [2.45, 2.75) is 38.5 Å². The number of anilines is 1. The quantitative estimate of drug-likeness (QED) is 0.432. The highest BCUT2D eigenvalue weighted by Gasteiger charge is 2.28. The van der Waals surface area contributed by atoms with E-state index < -0.39 is 12.2 Å². The molecule has 12 heteroatoms. The summed E-state index contributed by atoms with van der Waals surface area (Å²) in [7, 11) is 0. The second-order valence-electron chi connectivity index (χ2n) is 8.64. The van der Waals surface area contributed by atoms with Crippen molar-refractivity contribution in [3.8, 4) is 0 Å². The molecule has 0 spiro atoms. The van der Waals surface area contributed by atoms with Crippen LogP contribution in [0.2, 0.25) is 0 Å². The molecule has 2 fully saturated rings. The lowest BCUT2D eigenvalue weighted by atomic mass is 10.1. The van der Waals surface area contributed by atoms with Crippen LogP contribution in [0.5, 0.6) is 0 Å². The molecule has 0 saturated carbocycles. The smallest absolute Gasteiger partial charge is 0.272 e. The van der Waals surface area contributed by atoms with Gasteiger partial charge in [0.2, 0.25) is 5.91 Å². The maximum Gasteiger partial charge on any atom is 0.272 e. The summed E-state index contributed by atoms with van der Waals surface area (Å²) in [6, 6.07) is 6.97. The number of nitrogens with two attached hydrogens (primary N) is 1. The summed E-state index contributed by atoms with van der Waals surface area (Å²) in [6.45, 7) is 5.42. The second kappa shape index (κ2) is 11.3. The van der Waals surface area contributed by atoms with Gasteiger partial charge in [-0.25, -0.2) is 4.99 Å². The van der Waals surface area contributed by atoms with Crippen molar-refractivity contribution >= 4 is 35.0 Å². The number of benzene rings is 1. The zero-order valence-corrected chi connectivity index (χ0v) is 19.8. The zero-order chi connectivity index (χ0) is 24.8. The fraction of sp³-hybridized carbons (Fsp3) is 0.522. The molecule has 12 nitrogen and oxygen atoms in total. The van der Waals surface area contributed by atoms with E-state index >= 15 is 0 Å². The predicted molar refractivity (Wildman–Crippen MR) is 131 cm³/mol. The molecule has 0 radical (unpaired) electrons. The van der Waals surface area contributed by atoms with Crippen LogP contribution in [-0.2, 0) is 14.3 Å². The van der Waals surface area contributed by atoms with E-state index in [9.17, 15) is 14.4 Å². The molecule has 2 atom stereocenters. The van der Waals surface area contributed by atoms with Crippen molar-refractivity contribution in [3.05, 3.63) is 29.8 Å². The van der Waals surface area contributed by atoms with Gasteiger partial charge in [0.05, 0.1) is 13.2 Å². The van der Waals surface area contributed by atoms with Crippen LogP contribution in [0.4, 0.5) is 5.69 Å². The van der Waals surface area contributed by atoms with Gasteiger partial charge >= 0.3 is 0 Å². The van der Waals surface area contributed by atoms with Gasteiger partial charge in [-0.3, -0.25) is 25.1 Å². The Morgan fingerprint density at radius 3 is 2.57 bits per heavy atom. The van der Waals surface area contributed by atoms with Crippen molar-refractivity contribution in [1.82, 2.24) is 20.5 Å². The van der Waals surface area contributed by atoms with Gasteiger partial charge in [-0.1, -0.05) is 6.92 Å². The number of hydrogen-bond acceptors (Lipinski definition) is 9. The molecule has 3 aliphatic heterocycles. The predicted octanol–water partition coefficient (Wildman–Crippen LogP) is -0.312. The maximum atomic E-state index is 12.7. The third-order valence-corrected chi connectivity index (χ3v) is 6.18. The number of nitrogens with zero attached hydrogens (tertiary/aromatic N) is 4. The van der Waals surface area contributed by atoms with Crippen LogP contribution >= 0.6 is 0 Å². The van der Waals surface area contributed by atoms with Crippen molar-refractivity contribution in [3.63, 3.8) is 0 Å². The van der Waals surface area contributed by atoms with E-state index in [0.29, 0.717) is 50.5 Å². The van der Waals surface area contributed by atoms with E-state index in [2.05, 4.69) is 26.2 Å². The van der Waals surface area contributed by atoms with E-state index in [1.54, 1.807) is 29.2 Å². The molecule has 0 bridgehead atoms. The van der Waals surface area contributed by atoms with Gasteiger partial charge in [-0.05, 0) is 37.1 Å². The van der Waals surface area contributed by atoms with E-state index in [-0.39, 0.29) is 29.4 Å². The molecule has 188 valence electrons. The lowest BCUT2D eigenvalue weighted by Gasteiger charge is -2.35. The van der Waals surface area contributed by atoms with Gasteiger partial charge in [0.25, 0.3) is 11.8 Å². The van der Waals surface area contributed by atoms with Gasteiger partial charge < -0.3 is 25.6 Å². The Balaban J connectivity index is 1.42. The number of aliphatic imine (C=N–C) groups is 1. The molecule has 3 amide bonds. The molecule has 1 unspecified atom stereocenters. The van der Waals surface area contributed by atoms with Crippen LogP contribution in [0.15, 0.2) is 34.4 Å². The Bertz CT molecular complexity index is 1000. The van der Waals surface area contributed by atoms with Gasteiger partial charge in [0.15, 0.2) is 17.8 Å². The number of ether oxygens (including phenoxy) is 1. The first-order valence-corrected chi connectivity index (χ1v) is 11.9. The minimum Gasteiger partial charge on any atom is -0.378 e. The van der Waals surface area contributed by atoms with Gasteiger partial charge in [0, 0.05) is 49.9 Å². The van der Waals surface area contributed by atoms with Crippen LogP contribution < -0.4 is 21.8 Å². The molecule has 1 aromatic rings. The molecule has 3 aliphatic rings. The summed E-state index contributed by atoms with van der Waals surface area (Å²) in [5, 5.41) is 10.6. The number of amides is 3. The van der Waals surface area contributed by atoms with E-state index in [1.165, 1.54) is 0 Å². The van der Waals surface area contributed by atoms with Crippen LogP contribution in [0.1, 0.15) is 36.5 Å². The highest BCUT2D eigenvalue weighted by Crippen LogP contribution is 2.15. The third-order valence-electron chi connectivity index (χ3n) is 6.18. The van der Waals surface area contributed by atoms with Crippen molar-refractivity contribution in [2.24, 2.45) is 15.8 Å². The lowest BCUT2D eigenvalue weighted by molar-refractivity contribution is -0.132. The number of likely N-dealkylation sites (tertiary alicyclic amines) is 1. The lowest BCUT2D eigenvalue weighted by Crippen LogP contribution is -2.55. The summed E-state index contributed by atoms with van der Waals surface area (Å²) in [4.78, 5) is 44.8.